The number of nitrogens with one attached hydrogen (secondary N) is 1. The highest BCUT2D eigenvalue weighted by molar-refractivity contribution is 7.79. The zero-order valence-electron chi connectivity index (χ0n) is 10.5. The maximum Gasteiger partial charge on any atom is 0.271 e. The number of hydrogen-bond donors (Lipinski definition) is 1. The molecule has 1 saturated heterocycles. The molecule has 0 aromatic heterocycles. The van der Waals surface area contributed by atoms with E-state index in [1.165, 1.54) is 5.56 Å². The molecule has 0 saturated carbocycles. The van der Waals surface area contributed by atoms with Crippen molar-refractivity contribution < 1.29 is 4.48 Å². The molecular weight excluding hydrogens is 240 g/mol. The summed E-state index contributed by atoms with van der Waals surface area (Å²) in [7, 11) is 0. The lowest BCUT2D eigenvalue weighted by atomic mass is 10.1. The van der Waals surface area contributed by atoms with E-state index in [0.717, 1.165) is 29.2 Å². The number of quaternary nitrogens is 1. The summed E-state index contributed by atoms with van der Waals surface area (Å²) < 4.78 is 0.738. The smallest absolute Gasteiger partial charge is 0.271 e. The Morgan fingerprint density at radius 2 is 1.83 bits per heavy atom. The Bertz CT molecular complexity index is 443. The molecule has 1 aromatic rings. The molecular formula is C15H19N2S+. The molecule has 0 bridgehead atoms. The van der Waals surface area contributed by atoms with Crippen LogP contribution in [0, 0.1) is 0 Å². The van der Waals surface area contributed by atoms with E-state index in [1.54, 1.807) is 0 Å². The van der Waals surface area contributed by atoms with Gasteiger partial charge in [0.1, 0.15) is 25.7 Å². The topological polar surface area (TPSA) is 12.0 Å². The second-order valence-electron chi connectivity index (χ2n) is 4.68. The van der Waals surface area contributed by atoms with E-state index in [1.807, 2.05) is 18.2 Å². The minimum atomic E-state index is 0.290. The van der Waals surface area contributed by atoms with Gasteiger partial charge < -0.3 is 5.32 Å². The molecule has 1 atom stereocenters. The molecule has 1 unspecified atom stereocenters. The van der Waals surface area contributed by atoms with Gasteiger partial charge in [0.05, 0.1) is 0 Å². The van der Waals surface area contributed by atoms with E-state index in [4.69, 9.17) is 12.2 Å². The fourth-order valence-corrected chi connectivity index (χ4v) is 2.89. The Morgan fingerprint density at radius 1 is 1.22 bits per heavy atom. The quantitative estimate of drug-likeness (QED) is 0.496. The van der Waals surface area contributed by atoms with Gasteiger partial charge >= 0.3 is 0 Å². The summed E-state index contributed by atoms with van der Waals surface area (Å²) in [4.78, 5) is 0. The van der Waals surface area contributed by atoms with Crippen molar-refractivity contribution in [2.24, 2.45) is 0 Å². The summed E-state index contributed by atoms with van der Waals surface area (Å²) in [6.45, 7) is 10.3. The van der Waals surface area contributed by atoms with Crippen LogP contribution in [0.4, 0.5) is 0 Å². The van der Waals surface area contributed by atoms with Crippen molar-refractivity contribution in [2.45, 2.75) is 6.04 Å². The molecule has 2 rings (SSSR count). The van der Waals surface area contributed by atoms with Crippen LogP contribution in [0.1, 0.15) is 11.6 Å². The number of rotatable bonds is 5. The number of hydrogen-bond acceptors (Lipinski definition) is 1. The van der Waals surface area contributed by atoms with Gasteiger partial charge in [0.25, 0.3) is 5.11 Å². The van der Waals surface area contributed by atoms with Gasteiger partial charge in [0, 0.05) is 12.2 Å². The Labute approximate surface area is 114 Å². The molecule has 1 aromatic carbocycles. The third-order valence-corrected chi connectivity index (χ3v) is 3.92. The minimum Gasteiger partial charge on any atom is -0.319 e. The van der Waals surface area contributed by atoms with Gasteiger partial charge in [-0.05, 0) is 17.7 Å². The summed E-state index contributed by atoms with van der Waals surface area (Å²) in [6, 6.07) is 10.7. The van der Waals surface area contributed by atoms with Crippen molar-refractivity contribution in [3.05, 3.63) is 61.2 Å². The van der Waals surface area contributed by atoms with E-state index >= 15 is 0 Å². The molecule has 3 heteroatoms. The van der Waals surface area contributed by atoms with Gasteiger partial charge in [0.2, 0.25) is 0 Å². The third-order valence-electron chi connectivity index (χ3n) is 3.42. The largest absolute Gasteiger partial charge is 0.319 e. The lowest BCUT2D eigenvalue weighted by Gasteiger charge is -2.29. The molecule has 1 N–H and O–H groups in total. The van der Waals surface area contributed by atoms with Crippen molar-refractivity contribution in [1.29, 1.82) is 0 Å². The third kappa shape index (κ3) is 2.37. The number of thiocarbonyl (C=S) groups is 1. The van der Waals surface area contributed by atoms with Gasteiger partial charge in [-0.1, -0.05) is 43.5 Å². The molecule has 0 spiro atoms. The first kappa shape index (κ1) is 13.0. The maximum absolute atomic E-state index is 5.53. The molecule has 94 valence electrons. The van der Waals surface area contributed by atoms with Crippen molar-refractivity contribution in [1.82, 2.24) is 5.32 Å². The van der Waals surface area contributed by atoms with Crippen molar-refractivity contribution in [2.75, 3.05) is 19.6 Å². The molecule has 1 fully saturated rings. The van der Waals surface area contributed by atoms with Crippen LogP contribution >= 0.6 is 12.2 Å². The average molecular weight is 259 g/mol. The zero-order valence-corrected chi connectivity index (χ0v) is 11.3. The molecule has 18 heavy (non-hydrogen) atoms. The van der Waals surface area contributed by atoms with Crippen LogP contribution in [0.25, 0.3) is 0 Å². The molecule has 1 aliphatic rings. The van der Waals surface area contributed by atoms with Crippen LogP contribution in [0.5, 0.6) is 0 Å². The fourth-order valence-electron chi connectivity index (χ4n) is 2.52. The monoisotopic (exact) mass is 259 g/mol. The Morgan fingerprint density at radius 3 is 2.39 bits per heavy atom. The van der Waals surface area contributed by atoms with Crippen LogP contribution in [0.15, 0.2) is 55.6 Å². The van der Waals surface area contributed by atoms with Gasteiger partial charge in [-0.25, -0.2) is 0 Å². The van der Waals surface area contributed by atoms with E-state index < -0.39 is 0 Å². The molecule has 0 radical (unpaired) electrons. The van der Waals surface area contributed by atoms with E-state index in [9.17, 15) is 0 Å². The molecule has 2 nitrogen and oxygen atoms in total. The summed E-state index contributed by atoms with van der Waals surface area (Å²) >= 11 is 5.53. The Kier molecular flexibility index (Phi) is 3.94. The summed E-state index contributed by atoms with van der Waals surface area (Å²) in [5.74, 6) is 0. The first-order chi connectivity index (χ1) is 8.72. The predicted octanol–water partition coefficient (Wildman–Crippen LogP) is 2.80. The maximum atomic E-state index is 5.53. The van der Waals surface area contributed by atoms with Crippen molar-refractivity contribution in [3.8, 4) is 0 Å². The highest BCUT2D eigenvalue weighted by Gasteiger charge is 2.42. The standard InChI is InChI=1S/C15H18N2S/c1-3-10-17(11-4-2)12-14(16-15(17)18)13-8-6-5-7-9-13/h3-9,14H,1-2,10-12H2/p+1. The SMILES string of the molecule is C=CC[N+]1(CC=C)CC(c2ccccc2)NC1=S. The normalized spacial score (nSPS) is 21.3. The van der Waals surface area contributed by atoms with Gasteiger partial charge in [-0.2, -0.15) is 0 Å². The summed E-state index contributed by atoms with van der Waals surface area (Å²) in [5, 5.41) is 4.33. The van der Waals surface area contributed by atoms with Crippen molar-refractivity contribution in [3.63, 3.8) is 0 Å². The fraction of sp³-hybridized carbons (Fsp3) is 0.267. The predicted molar refractivity (Wildman–Crippen MR) is 80.2 cm³/mol. The van der Waals surface area contributed by atoms with Crippen LogP contribution in [-0.4, -0.2) is 29.2 Å². The van der Waals surface area contributed by atoms with Gasteiger partial charge in [0.15, 0.2) is 0 Å². The molecule has 1 aliphatic heterocycles. The Hall–Kier alpha value is -1.45. The van der Waals surface area contributed by atoms with Gasteiger partial charge in [-0.3, -0.25) is 4.48 Å². The van der Waals surface area contributed by atoms with Crippen LogP contribution < -0.4 is 5.32 Å². The van der Waals surface area contributed by atoms with Crippen LogP contribution in [0.2, 0.25) is 0 Å². The second-order valence-corrected chi connectivity index (χ2v) is 5.07. The minimum absolute atomic E-state index is 0.290. The Balaban J connectivity index is 2.24. The van der Waals surface area contributed by atoms with Gasteiger partial charge in [-0.15, -0.1) is 0 Å². The van der Waals surface area contributed by atoms with Crippen LogP contribution in [0.3, 0.4) is 0 Å². The highest BCUT2D eigenvalue weighted by Crippen LogP contribution is 2.26. The average Bonchev–Trinajstić information content (AvgIpc) is 2.69. The number of nitrogens with zero attached hydrogens (tertiary/aromatic N) is 1. The lowest BCUT2D eigenvalue weighted by Crippen LogP contribution is -2.50. The molecule has 0 amide bonds. The number of benzene rings is 1. The van der Waals surface area contributed by atoms with E-state index in [-0.39, 0.29) is 0 Å². The highest BCUT2D eigenvalue weighted by atomic mass is 32.1. The first-order valence-corrected chi connectivity index (χ1v) is 6.56. The van der Waals surface area contributed by atoms with Crippen LogP contribution in [-0.2, 0) is 0 Å². The summed E-state index contributed by atoms with van der Waals surface area (Å²) in [6.07, 6.45) is 3.87. The summed E-state index contributed by atoms with van der Waals surface area (Å²) in [5.41, 5.74) is 1.29. The lowest BCUT2D eigenvalue weighted by molar-refractivity contribution is -0.821. The second kappa shape index (κ2) is 5.46. The molecule has 1 heterocycles. The van der Waals surface area contributed by atoms with E-state index in [0.29, 0.717) is 6.04 Å². The zero-order chi connectivity index (χ0) is 13.0. The van der Waals surface area contributed by atoms with E-state index in [2.05, 4.69) is 42.7 Å². The first-order valence-electron chi connectivity index (χ1n) is 6.16. The molecule has 0 aliphatic carbocycles. The van der Waals surface area contributed by atoms with Crippen molar-refractivity contribution >= 4 is 17.3 Å².